The summed E-state index contributed by atoms with van der Waals surface area (Å²) in [7, 11) is 2.09. The highest BCUT2D eigenvalue weighted by molar-refractivity contribution is 5.87. The number of nitriles is 1. The maximum absolute atomic E-state index is 9.72. The van der Waals surface area contributed by atoms with Crippen molar-refractivity contribution in [1.82, 2.24) is 4.57 Å². The number of aryl methyl sites for hydroxylation is 2. The van der Waals surface area contributed by atoms with Gasteiger partial charge >= 0.3 is 0 Å². The van der Waals surface area contributed by atoms with Crippen molar-refractivity contribution in [1.29, 1.82) is 5.26 Å². The van der Waals surface area contributed by atoms with E-state index in [1.165, 1.54) is 22.2 Å². The highest BCUT2D eigenvalue weighted by Crippen LogP contribution is 2.45. The standard InChI is InChI=1S/C33H27N3O/c1-23-24(2)36(4)32-18-16-25(19-30(23)32)15-17-29-20-26(31(22-34)35-3)21-33(37-29,27-11-7-5-8-12-27)28-13-9-6-10-14-28/h5-20H,21H2,1-2,4H3/b17-15+,31-26+. The van der Waals surface area contributed by atoms with Crippen molar-refractivity contribution in [2.75, 3.05) is 0 Å². The molecule has 37 heavy (non-hydrogen) atoms. The Balaban J connectivity index is 1.64. The summed E-state index contributed by atoms with van der Waals surface area (Å²) in [5.74, 6) is 0.603. The quantitative estimate of drug-likeness (QED) is 0.221. The normalized spacial score (nSPS) is 16.1. The van der Waals surface area contributed by atoms with Crippen LogP contribution in [0.4, 0.5) is 0 Å². The van der Waals surface area contributed by atoms with Crippen LogP contribution in [0, 0.1) is 31.8 Å². The number of hydrogen-bond acceptors (Lipinski definition) is 2. The Morgan fingerprint density at radius 2 is 1.65 bits per heavy atom. The smallest absolute Gasteiger partial charge is 0.265 e. The lowest BCUT2D eigenvalue weighted by Crippen LogP contribution is -2.34. The Labute approximate surface area is 217 Å². The molecule has 1 aromatic heterocycles. The summed E-state index contributed by atoms with van der Waals surface area (Å²) in [6.45, 7) is 11.9. The number of hydrogen-bond donors (Lipinski definition) is 0. The van der Waals surface area contributed by atoms with E-state index in [9.17, 15) is 5.26 Å². The second-order valence-corrected chi connectivity index (χ2v) is 9.36. The molecule has 0 amide bonds. The molecule has 0 N–H and O–H groups in total. The van der Waals surface area contributed by atoms with E-state index in [-0.39, 0.29) is 5.70 Å². The Morgan fingerprint density at radius 3 is 2.24 bits per heavy atom. The predicted molar refractivity (Wildman–Crippen MR) is 148 cm³/mol. The topological polar surface area (TPSA) is 42.3 Å². The van der Waals surface area contributed by atoms with E-state index >= 15 is 0 Å². The van der Waals surface area contributed by atoms with Crippen LogP contribution in [0.25, 0.3) is 21.8 Å². The van der Waals surface area contributed by atoms with Gasteiger partial charge in [-0.2, -0.15) is 0 Å². The Morgan fingerprint density at radius 1 is 1.00 bits per heavy atom. The Kier molecular flexibility index (Phi) is 6.26. The lowest BCUT2D eigenvalue weighted by atomic mass is 9.79. The van der Waals surface area contributed by atoms with E-state index in [0.717, 1.165) is 16.7 Å². The van der Waals surface area contributed by atoms with Gasteiger partial charge in [-0.3, -0.25) is 0 Å². The van der Waals surface area contributed by atoms with Crippen molar-refractivity contribution in [2.45, 2.75) is 25.9 Å². The third kappa shape index (κ3) is 4.24. The van der Waals surface area contributed by atoms with E-state index in [1.54, 1.807) is 0 Å². The van der Waals surface area contributed by atoms with E-state index in [2.05, 4.69) is 54.6 Å². The fraction of sp³-hybridized carbons (Fsp3) is 0.152. The summed E-state index contributed by atoms with van der Waals surface area (Å²) in [5, 5.41) is 10.9. The number of nitrogens with zero attached hydrogens (tertiary/aromatic N) is 3. The van der Waals surface area contributed by atoms with E-state index in [4.69, 9.17) is 11.3 Å². The van der Waals surface area contributed by atoms with Crippen LogP contribution in [0.1, 0.15) is 34.4 Å². The number of ether oxygens (including phenoxy) is 1. The highest BCUT2D eigenvalue weighted by atomic mass is 16.5. The molecule has 4 heteroatoms. The SMILES string of the molecule is [C-]#[N+]/C(C#N)=C1C=C(/C=C/c2ccc3c(c2)c(C)c(C)n3C)OC(c2ccccc2)(c2ccccc2)C\1. The molecule has 0 saturated carbocycles. The molecule has 2 heterocycles. The summed E-state index contributed by atoms with van der Waals surface area (Å²) in [6.07, 6.45) is 6.18. The molecule has 1 aliphatic heterocycles. The number of rotatable bonds is 4. The number of allylic oxidation sites excluding steroid dienone is 3. The van der Waals surface area contributed by atoms with Crippen molar-refractivity contribution < 1.29 is 4.74 Å². The highest BCUT2D eigenvalue weighted by Gasteiger charge is 2.40. The van der Waals surface area contributed by atoms with Gasteiger partial charge in [0.15, 0.2) is 5.60 Å². The molecular weight excluding hydrogens is 454 g/mol. The van der Waals surface area contributed by atoms with E-state index in [1.807, 2.05) is 78.9 Å². The molecule has 4 aromatic rings. The first kappa shape index (κ1) is 23.9. The first-order valence-corrected chi connectivity index (χ1v) is 12.2. The minimum absolute atomic E-state index is 0.0854. The van der Waals surface area contributed by atoms with E-state index < -0.39 is 5.60 Å². The molecule has 180 valence electrons. The fourth-order valence-corrected chi connectivity index (χ4v) is 5.12. The molecule has 0 fully saturated rings. The Hall–Kier alpha value is -4.80. The van der Waals surface area contributed by atoms with Gasteiger partial charge in [-0.05, 0) is 54.8 Å². The fourth-order valence-electron chi connectivity index (χ4n) is 5.12. The number of aromatic nitrogens is 1. The summed E-state index contributed by atoms with van der Waals surface area (Å²) in [5.41, 5.74) is 6.61. The Bertz CT molecular complexity index is 1600. The molecule has 0 aliphatic carbocycles. The predicted octanol–water partition coefficient (Wildman–Crippen LogP) is 7.75. The van der Waals surface area contributed by atoms with Crippen LogP contribution in [0.5, 0.6) is 0 Å². The van der Waals surface area contributed by atoms with Crippen LogP contribution in [0.15, 0.2) is 108 Å². The van der Waals surface area contributed by atoms with Gasteiger partial charge in [0.2, 0.25) is 0 Å². The molecule has 0 atom stereocenters. The second-order valence-electron chi connectivity index (χ2n) is 9.36. The zero-order valence-corrected chi connectivity index (χ0v) is 21.2. The largest absolute Gasteiger partial charge is 0.478 e. The van der Waals surface area contributed by atoms with Gasteiger partial charge in [0.05, 0.1) is 12.6 Å². The van der Waals surface area contributed by atoms with Crippen LogP contribution in [0.3, 0.4) is 0 Å². The van der Waals surface area contributed by atoms with Crippen molar-refractivity contribution in [3.8, 4) is 6.07 Å². The summed E-state index contributed by atoms with van der Waals surface area (Å²) in [4.78, 5) is 3.53. The molecular formula is C33H27N3O. The maximum atomic E-state index is 9.72. The first-order chi connectivity index (χ1) is 18.0. The summed E-state index contributed by atoms with van der Waals surface area (Å²) in [6, 6.07) is 28.6. The van der Waals surface area contributed by atoms with Gasteiger partial charge in [0.1, 0.15) is 5.76 Å². The molecule has 5 rings (SSSR count). The third-order valence-corrected chi connectivity index (χ3v) is 7.32. The molecule has 0 saturated heterocycles. The van der Waals surface area contributed by atoms with Crippen LogP contribution >= 0.6 is 0 Å². The van der Waals surface area contributed by atoms with Crippen molar-refractivity contribution in [3.63, 3.8) is 0 Å². The zero-order valence-electron chi connectivity index (χ0n) is 21.2. The lowest BCUT2D eigenvalue weighted by Gasteiger charge is -2.39. The van der Waals surface area contributed by atoms with Crippen LogP contribution < -0.4 is 0 Å². The van der Waals surface area contributed by atoms with Gasteiger partial charge in [0, 0.05) is 41.2 Å². The van der Waals surface area contributed by atoms with Gasteiger partial charge in [-0.1, -0.05) is 72.8 Å². The molecule has 0 unspecified atom stereocenters. The van der Waals surface area contributed by atoms with Crippen LogP contribution in [-0.2, 0) is 17.4 Å². The molecule has 1 aliphatic rings. The van der Waals surface area contributed by atoms with Gasteiger partial charge in [0.25, 0.3) is 5.70 Å². The molecule has 4 nitrogen and oxygen atoms in total. The van der Waals surface area contributed by atoms with Gasteiger partial charge < -0.3 is 9.30 Å². The van der Waals surface area contributed by atoms with Crippen molar-refractivity contribution in [2.24, 2.45) is 7.05 Å². The minimum Gasteiger partial charge on any atom is -0.478 e. The van der Waals surface area contributed by atoms with Gasteiger partial charge in [-0.25, -0.2) is 10.1 Å². The second kappa shape index (κ2) is 9.69. The average molecular weight is 482 g/mol. The zero-order chi connectivity index (χ0) is 26.0. The summed E-state index contributed by atoms with van der Waals surface area (Å²) >= 11 is 0. The molecule has 3 aromatic carbocycles. The summed E-state index contributed by atoms with van der Waals surface area (Å²) < 4.78 is 9.01. The maximum Gasteiger partial charge on any atom is 0.265 e. The minimum atomic E-state index is -0.865. The van der Waals surface area contributed by atoms with Crippen LogP contribution in [0.2, 0.25) is 0 Å². The average Bonchev–Trinajstić information content (AvgIpc) is 3.16. The molecule has 0 spiro atoms. The lowest BCUT2D eigenvalue weighted by molar-refractivity contribution is 0.0348. The molecule has 0 bridgehead atoms. The van der Waals surface area contributed by atoms with Crippen molar-refractivity contribution >= 4 is 17.0 Å². The van der Waals surface area contributed by atoms with Crippen LogP contribution in [-0.4, -0.2) is 4.57 Å². The number of fused-ring (bicyclic) bond motifs is 1. The van der Waals surface area contributed by atoms with Gasteiger partial charge in [-0.15, -0.1) is 0 Å². The third-order valence-electron chi connectivity index (χ3n) is 7.32. The first-order valence-electron chi connectivity index (χ1n) is 12.2. The monoisotopic (exact) mass is 481 g/mol. The number of benzene rings is 3. The van der Waals surface area contributed by atoms with Crippen molar-refractivity contribution in [3.05, 3.63) is 147 Å². The molecule has 0 radical (unpaired) electrons. The van der Waals surface area contributed by atoms with E-state index in [0.29, 0.717) is 17.8 Å².